The molecule has 13 heavy (non-hydrogen) atoms. The lowest BCUT2D eigenvalue weighted by Crippen LogP contribution is -2.10. The first-order valence-electron chi connectivity index (χ1n) is 4.11. The normalized spacial score (nSPS) is 9.31. The molecule has 0 atom stereocenters. The molecule has 1 aromatic rings. The topological polar surface area (TPSA) is 35.8 Å². The molecule has 0 radical (unpaired) electrons. The van der Waals surface area contributed by atoms with E-state index in [1.165, 1.54) is 12.1 Å². The zero-order valence-corrected chi connectivity index (χ0v) is 7.47. The molecule has 0 aliphatic rings. The Morgan fingerprint density at radius 1 is 1.54 bits per heavy atom. The van der Waals surface area contributed by atoms with Crippen LogP contribution in [0.15, 0.2) is 18.2 Å². The standard InChI is InChI=1S/C10H11FN2/c1-8-6-10(11)3-2-9(8)4-5-13-7-12/h2-3,6,13H,4-5H2,1H3. The highest BCUT2D eigenvalue weighted by atomic mass is 19.1. The van der Waals surface area contributed by atoms with Crippen molar-refractivity contribution in [2.45, 2.75) is 13.3 Å². The van der Waals surface area contributed by atoms with Gasteiger partial charge in [-0.2, -0.15) is 5.26 Å². The van der Waals surface area contributed by atoms with Crippen LogP contribution in [-0.4, -0.2) is 6.54 Å². The third-order valence-electron chi connectivity index (χ3n) is 1.90. The van der Waals surface area contributed by atoms with Crippen molar-refractivity contribution in [1.29, 1.82) is 5.26 Å². The molecule has 0 aromatic heterocycles. The Balaban J connectivity index is 2.62. The monoisotopic (exact) mass is 178 g/mol. The Hall–Kier alpha value is -1.56. The van der Waals surface area contributed by atoms with Gasteiger partial charge < -0.3 is 5.32 Å². The first-order chi connectivity index (χ1) is 6.24. The number of aryl methyl sites for hydroxylation is 1. The Bertz CT molecular complexity index is 328. The third kappa shape index (κ3) is 2.75. The van der Waals surface area contributed by atoms with Crippen molar-refractivity contribution in [3.05, 3.63) is 35.1 Å². The van der Waals surface area contributed by atoms with Gasteiger partial charge in [-0.05, 0) is 36.6 Å². The van der Waals surface area contributed by atoms with Crippen LogP contribution in [0, 0.1) is 24.2 Å². The van der Waals surface area contributed by atoms with Crippen molar-refractivity contribution in [3.8, 4) is 6.19 Å². The van der Waals surface area contributed by atoms with Crippen molar-refractivity contribution in [2.75, 3.05) is 6.54 Å². The Labute approximate surface area is 77.0 Å². The van der Waals surface area contributed by atoms with Crippen LogP contribution < -0.4 is 5.32 Å². The smallest absolute Gasteiger partial charge is 0.176 e. The summed E-state index contributed by atoms with van der Waals surface area (Å²) in [6, 6.07) is 4.69. The van der Waals surface area contributed by atoms with E-state index in [2.05, 4.69) is 5.32 Å². The molecule has 3 heteroatoms. The summed E-state index contributed by atoms with van der Waals surface area (Å²) in [4.78, 5) is 0. The summed E-state index contributed by atoms with van der Waals surface area (Å²) in [5.41, 5.74) is 2.00. The zero-order chi connectivity index (χ0) is 9.68. The summed E-state index contributed by atoms with van der Waals surface area (Å²) >= 11 is 0. The van der Waals surface area contributed by atoms with Crippen LogP contribution >= 0.6 is 0 Å². The highest BCUT2D eigenvalue weighted by Crippen LogP contribution is 2.09. The predicted octanol–water partition coefficient (Wildman–Crippen LogP) is 1.75. The van der Waals surface area contributed by atoms with Crippen molar-refractivity contribution < 1.29 is 4.39 Å². The van der Waals surface area contributed by atoms with Gasteiger partial charge in [-0.15, -0.1) is 0 Å². The second-order valence-corrected chi connectivity index (χ2v) is 2.86. The molecule has 1 aromatic carbocycles. The average Bonchev–Trinajstić information content (AvgIpc) is 2.09. The maximum Gasteiger partial charge on any atom is 0.176 e. The Morgan fingerprint density at radius 2 is 2.31 bits per heavy atom. The molecular weight excluding hydrogens is 167 g/mol. The molecule has 0 amide bonds. The highest BCUT2D eigenvalue weighted by Gasteiger charge is 1.98. The molecule has 0 aliphatic heterocycles. The van der Waals surface area contributed by atoms with E-state index < -0.39 is 0 Å². The Kier molecular flexibility index (Phi) is 3.27. The zero-order valence-electron chi connectivity index (χ0n) is 7.47. The van der Waals surface area contributed by atoms with E-state index >= 15 is 0 Å². The number of rotatable bonds is 3. The second kappa shape index (κ2) is 4.46. The van der Waals surface area contributed by atoms with Crippen LogP contribution in [0.4, 0.5) is 4.39 Å². The highest BCUT2D eigenvalue weighted by molar-refractivity contribution is 5.26. The summed E-state index contributed by atoms with van der Waals surface area (Å²) in [5.74, 6) is -0.213. The van der Waals surface area contributed by atoms with Crippen LogP contribution in [0.5, 0.6) is 0 Å². The van der Waals surface area contributed by atoms with Crippen LogP contribution in [0.25, 0.3) is 0 Å². The molecule has 0 saturated carbocycles. The number of nitrogens with zero attached hydrogens (tertiary/aromatic N) is 1. The van der Waals surface area contributed by atoms with Gasteiger partial charge in [0.05, 0.1) is 0 Å². The van der Waals surface area contributed by atoms with E-state index in [0.717, 1.165) is 17.5 Å². The number of hydrogen-bond donors (Lipinski definition) is 1. The molecule has 0 spiro atoms. The summed E-state index contributed by atoms with van der Waals surface area (Å²) in [5, 5.41) is 10.8. The van der Waals surface area contributed by atoms with Gasteiger partial charge in [0, 0.05) is 6.54 Å². The summed E-state index contributed by atoms with van der Waals surface area (Å²) in [7, 11) is 0. The first kappa shape index (κ1) is 9.53. The van der Waals surface area contributed by atoms with Crippen LogP contribution in [0.1, 0.15) is 11.1 Å². The number of nitrogens with one attached hydrogen (secondary N) is 1. The van der Waals surface area contributed by atoms with Gasteiger partial charge in [0.2, 0.25) is 0 Å². The molecule has 0 unspecified atom stereocenters. The SMILES string of the molecule is Cc1cc(F)ccc1CCNC#N. The molecule has 0 fully saturated rings. The number of nitriles is 1. The Morgan fingerprint density at radius 3 is 2.92 bits per heavy atom. The van der Waals surface area contributed by atoms with Crippen molar-refractivity contribution in [3.63, 3.8) is 0 Å². The molecule has 0 aliphatic carbocycles. The average molecular weight is 178 g/mol. The predicted molar refractivity (Wildman–Crippen MR) is 48.5 cm³/mol. The fraction of sp³-hybridized carbons (Fsp3) is 0.300. The van der Waals surface area contributed by atoms with Crippen LogP contribution in [-0.2, 0) is 6.42 Å². The molecule has 2 nitrogen and oxygen atoms in total. The minimum absolute atomic E-state index is 0.213. The lowest BCUT2D eigenvalue weighted by molar-refractivity contribution is 0.625. The molecular formula is C10H11FN2. The largest absolute Gasteiger partial charge is 0.324 e. The third-order valence-corrected chi connectivity index (χ3v) is 1.90. The van der Waals surface area contributed by atoms with E-state index in [1.807, 2.05) is 13.1 Å². The molecule has 68 valence electrons. The maximum atomic E-state index is 12.7. The van der Waals surface area contributed by atoms with E-state index in [-0.39, 0.29) is 5.82 Å². The maximum absolute atomic E-state index is 12.7. The van der Waals surface area contributed by atoms with Crippen molar-refractivity contribution in [1.82, 2.24) is 5.32 Å². The van der Waals surface area contributed by atoms with Gasteiger partial charge >= 0.3 is 0 Å². The quantitative estimate of drug-likeness (QED) is 0.435. The lowest BCUT2D eigenvalue weighted by Gasteiger charge is -2.04. The van der Waals surface area contributed by atoms with E-state index in [4.69, 9.17) is 5.26 Å². The van der Waals surface area contributed by atoms with Gasteiger partial charge in [0.15, 0.2) is 6.19 Å². The van der Waals surface area contributed by atoms with E-state index in [0.29, 0.717) is 6.54 Å². The number of hydrogen-bond acceptors (Lipinski definition) is 2. The minimum atomic E-state index is -0.213. The summed E-state index contributed by atoms with van der Waals surface area (Å²) < 4.78 is 12.7. The van der Waals surface area contributed by atoms with Crippen LogP contribution in [0.3, 0.4) is 0 Å². The fourth-order valence-corrected chi connectivity index (χ4v) is 1.19. The van der Waals surface area contributed by atoms with Gasteiger partial charge in [0.25, 0.3) is 0 Å². The fourth-order valence-electron chi connectivity index (χ4n) is 1.19. The van der Waals surface area contributed by atoms with Crippen molar-refractivity contribution in [2.24, 2.45) is 0 Å². The molecule has 0 heterocycles. The van der Waals surface area contributed by atoms with E-state index in [1.54, 1.807) is 6.07 Å². The summed E-state index contributed by atoms with van der Waals surface area (Å²) in [6.45, 7) is 2.47. The van der Waals surface area contributed by atoms with Gasteiger partial charge in [-0.25, -0.2) is 4.39 Å². The number of halogens is 1. The van der Waals surface area contributed by atoms with Gasteiger partial charge in [-0.1, -0.05) is 6.07 Å². The summed E-state index contributed by atoms with van der Waals surface area (Å²) in [6.07, 6.45) is 2.59. The minimum Gasteiger partial charge on any atom is -0.324 e. The molecule has 1 N–H and O–H groups in total. The molecule has 1 rings (SSSR count). The number of benzene rings is 1. The lowest BCUT2D eigenvalue weighted by atomic mass is 10.1. The van der Waals surface area contributed by atoms with Crippen molar-refractivity contribution >= 4 is 0 Å². The first-order valence-corrected chi connectivity index (χ1v) is 4.11. The van der Waals surface area contributed by atoms with Gasteiger partial charge in [-0.3, -0.25) is 0 Å². The molecule has 0 bridgehead atoms. The molecule has 0 saturated heterocycles. The van der Waals surface area contributed by atoms with Crippen LogP contribution in [0.2, 0.25) is 0 Å². The van der Waals surface area contributed by atoms with Gasteiger partial charge in [0.1, 0.15) is 5.82 Å². The second-order valence-electron chi connectivity index (χ2n) is 2.86. The van der Waals surface area contributed by atoms with E-state index in [9.17, 15) is 4.39 Å².